The Morgan fingerprint density at radius 3 is 1.90 bits per heavy atom. The smallest absolute Gasteiger partial charge is 0.204 e. The van der Waals surface area contributed by atoms with E-state index < -0.39 is 13.9 Å². The lowest BCUT2D eigenvalue weighted by Crippen LogP contribution is -2.59. The molecule has 1 aliphatic heterocycles. The van der Waals surface area contributed by atoms with Crippen LogP contribution in [0.2, 0.25) is 19.1 Å². The van der Waals surface area contributed by atoms with Crippen LogP contribution in [0.5, 0.6) is 5.75 Å². The summed E-state index contributed by atoms with van der Waals surface area (Å²) in [6.07, 6.45) is 1.06. The summed E-state index contributed by atoms with van der Waals surface area (Å²) in [6, 6.07) is 31.4. The molecule has 3 aromatic rings. The van der Waals surface area contributed by atoms with Gasteiger partial charge in [-0.3, -0.25) is 0 Å². The van der Waals surface area contributed by atoms with Crippen molar-refractivity contribution in [2.45, 2.75) is 43.5 Å². The van der Waals surface area contributed by atoms with E-state index in [1.165, 1.54) is 11.1 Å². The zero-order chi connectivity index (χ0) is 20.5. The summed E-state index contributed by atoms with van der Waals surface area (Å²) in [5.41, 5.74) is 2.96. The topological polar surface area (TPSA) is 18.5 Å². The first-order valence-corrected chi connectivity index (χ1v) is 14.3. The van der Waals surface area contributed by atoms with Gasteiger partial charge in [-0.2, -0.15) is 0 Å². The molecule has 1 aliphatic rings. The standard InChI is InChI=1S/C25H30O2Si2/c1-24(22-16-10-11-17-23(22)26-28)25(18-19-29(2,3)27-24,20-12-6-4-7-13-20)21-14-8-5-9-15-21/h4-17H,18-19H2,1-3,28H3. The molecule has 29 heavy (non-hydrogen) atoms. The molecule has 150 valence electrons. The number of para-hydroxylation sites is 1. The predicted octanol–water partition coefficient (Wildman–Crippen LogP) is 5.17. The minimum atomic E-state index is -1.84. The van der Waals surface area contributed by atoms with Crippen LogP contribution in [-0.2, 0) is 15.4 Å². The minimum Gasteiger partial charge on any atom is -0.553 e. The van der Waals surface area contributed by atoms with E-state index in [1.807, 2.05) is 0 Å². The highest BCUT2D eigenvalue weighted by molar-refractivity contribution is 6.71. The molecule has 0 amide bonds. The third-order valence-electron chi connectivity index (χ3n) is 6.55. The maximum Gasteiger partial charge on any atom is 0.204 e. The van der Waals surface area contributed by atoms with Crippen molar-refractivity contribution < 1.29 is 8.85 Å². The van der Waals surface area contributed by atoms with Crippen LogP contribution >= 0.6 is 0 Å². The number of hydrogen-bond donors (Lipinski definition) is 0. The van der Waals surface area contributed by atoms with Gasteiger partial charge in [0.2, 0.25) is 10.5 Å². The second-order valence-corrected chi connectivity index (χ2v) is 13.4. The Hall–Kier alpha value is -2.15. The average molecular weight is 419 g/mol. The Balaban J connectivity index is 2.07. The minimum absolute atomic E-state index is 0.284. The van der Waals surface area contributed by atoms with E-state index in [9.17, 15) is 0 Å². The first kappa shape index (κ1) is 20.1. The molecule has 1 fully saturated rings. The van der Waals surface area contributed by atoms with Crippen molar-refractivity contribution in [3.63, 3.8) is 0 Å². The first-order valence-electron chi connectivity index (χ1n) is 10.4. The molecule has 1 unspecified atom stereocenters. The normalized spacial score (nSPS) is 22.9. The van der Waals surface area contributed by atoms with Crippen molar-refractivity contribution in [2.24, 2.45) is 0 Å². The molecule has 0 aromatic heterocycles. The van der Waals surface area contributed by atoms with E-state index in [-0.39, 0.29) is 5.41 Å². The van der Waals surface area contributed by atoms with Crippen LogP contribution in [0.15, 0.2) is 84.9 Å². The molecule has 1 heterocycles. The largest absolute Gasteiger partial charge is 0.553 e. The van der Waals surface area contributed by atoms with Gasteiger partial charge in [0.25, 0.3) is 0 Å². The van der Waals surface area contributed by atoms with Gasteiger partial charge < -0.3 is 8.85 Å². The molecule has 4 rings (SSSR count). The van der Waals surface area contributed by atoms with Crippen LogP contribution in [0.1, 0.15) is 30.0 Å². The fourth-order valence-electron chi connectivity index (χ4n) is 5.19. The zero-order valence-electron chi connectivity index (χ0n) is 17.8. The van der Waals surface area contributed by atoms with Gasteiger partial charge in [0.1, 0.15) is 5.75 Å². The summed E-state index contributed by atoms with van der Waals surface area (Å²) in [6.45, 7) is 6.98. The van der Waals surface area contributed by atoms with Gasteiger partial charge >= 0.3 is 0 Å². The summed E-state index contributed by atoms with van der Waals surface area (Å²) in [5, 5.41) is 0. The van der Waals surface area contributed by atoms with Crippen LogP contribution < -0.4 is 4.43 Å². The van der Waals surface area contributed by atoms with Crippen LogP contribution in [0.3, 0.4) is 0 Å². The van der Waals surface area contributed by atoms with E-state index >= 15 is 0 Å². The van der Waals surface area contributed by atoms with E-state index in [4.69, 9.17) is 8.85 Å². The van der Waals surface area contributed by atoms with Gasteiger partial charge in [0.05, 0.1) is 11.0 Å². The number of benzene rings is 3. The lowest BCUT2D eigenvalue weighted by atomic mass is 9.59. The highest BCUT2D eigenvalue weighted by Gasteiger charge is 2.58. The van der Waals surface area contributed by atoms with Gasteiger partial charge in [-0.1, -0.05) is 78.9 Å². The third kappa shape index (κ3) is 3.29. The van der Waals surface area contributed by atoms with Crippen LogP contribution in [0.4, 0.5) is 0 Å². The molecular weight excluding hydrogens is 388 g/mol. The Morgan fingerprint density at radius 1 is 0.828 bits per heavy atom. The van der Waals surface area contributed by atoms with Gasteiger partial charge in [-0.05, 0) is 49.7 Å². The van der Waals surface area contributed by atoms with Gasteiger partial charge in [-0.25, -0.2) is 0 Å². The fraction of sp³-hybridized carbons (Fsp3) is 0.280. The summed E-state index contributed by atoms with van der Waals surface area (Å²) in [5.74, 6) is 0.949. The molecule has 0 radical (unpaired) electrons. The molecule has 0 saturated carbocycles. The number of rotatable bonds is 4. The average Bonchev–Trinajstić information content (AvgIpc) is 2.75. The van der Waals surface area contributed by atoms with E-state index in [1.54, 1.807) is 0 Å². The van der Waals surface area contributed by atoms with E-state index in [2.05, 4.69) is 105 Å². The van der Waals surface area contributed by atoms with Crippen LogP contribution in [-0.4, -0.2) is 18.8 Å². The second kappa shape index (κ2) is 7.60. The molecule has 4 heteroatoms. The second-order valence-electron chi connectivity index (χ2n) is 8.73. The highest BCUT2D eigenvalue weighted by Crippen LogP contribution is 2.58. The lowest BCUT2D eigenvalue weighted by molar-refractivity contribution is -0.0146. The zero-order valence-corrected chi connectivity index (χ0v) is 20.8. The summed E-state index contributed by atoms with van der Waals surface area (Å²) < 4.78 is 13.2. The first-order chi connectivity index (χ1) is 13.9. The fourth-order valence-corrected chi connectivity index (χ4v) is 8.02. The van der Waals surface area contributed by atoms with E-state index in [0.717, 1.165) is 23.8 Å². The molecule has 0 spiro atoms. The van der Waals surface area contributed by atoms with Crippen LogP contribution in [0.25, 0.3) is 0 Å². The van der Waals surface area contributed by atoms with Gasteiger partial charge in [0.15, 0.2) is 8.32 Å². The maximum atomic E-state index is 7.19. The van der Waals surface area contributed by atoms with Crippen molar-refractivity contribution in [2.75, 3.05) is 0 Å². The molecule has 1 saturated heterocycles. The van der Waals surface area contributed by atoms with Gasteiger partial charge in [-0.15, -0.1) is 0 Å². The molecule has 3 aromatic carbocycles. The Labute approximate surface area is 178 Å². The van der Waals surface area contributed by atoms with Gasteiger partial charge in [0, 0.05) is 5.56 Å². The van der Waals surface area contributed by atoms with E-state index in [0.29, 0.717) is 10.5 Å². The summed E-state index contributed by atoms with van der Waals surface area (Å²) >= 11 is 0. The molecule has 1 atom stereocenters. The Morgan fingerprint density at radius 2 is 1.34 bits per heavy atom. The molecule has 2 nitrogen and oxygen atoms in total. The van der Waals surface area contributed by atoms with Crippen molar-refractivity contribution in [3.8, 4) is 5.75 Å². The third-order valence-corrected chi connectivity index (χ3v) is 9.41. The van der Waals surface area contributed by atoms with Crippen molar-refractivity contribution in [1.29, 1.82) is 0 Å². The lowest BCUT2D eigenvalue weighted by Gasteiger charge is -2.57. The number of hydrogen-bond acceptors (Lipinski definition) is 2. The molecular formula is C25H30O2Si2. The SMILES string of the molecule is CC1(c2ccccc2O[SiH3])O[Si](C)(C)CCC1(c1ccccc1)c1ccccc1. The maximum absolute atomic E-state index is 7.19. The molecule has 0 bridgehead atoms. The van der Waals surface area contributed by atoms with Crippen molar-refractivity contribution in [1.82, 2.24) is 0 Å². The molecule has 0 aliphatic carbocycles. The highest BCUT2D eigenvalue weighted by atomic mass is 28.4. The molecule has 0 N–H and O–H groups in total. The quantitative estimate of drug-likeness (QED) is 0.544. The Kier molecular flexibility index (Phi) is 5.27. The van der Waals surface area contributed by atoms with Crippen molar-refractivity contribution in [3.05, 3.63) is 102 Å². The summed E-state index contributed by atoms with van der Waals surface area (Å²) in [4.78, 5) is 0. The monoisotopic (exact) mass is 418 g/mol. The summed E-state index contributed by atoms with van der Waals surface area (Å²) in [7, 11) is -1.19. The predicted molar refractivity (Wildman–Crippen MR) is 126 cm³/mol. The van der Waals surface area contributed by atoms with Crippen molar-refractivity contribution >= 4 is 18.8 Å². The Bertz CT molecular complexity index is 933. The van der Waals surface area contributed by atoms with Crippen LogP contribution in [0, 0.1) is 0 Å².